The van der Waals surface area contributed by atoms with Crippen molar-refractivity contribution in [3.05, 3.63) is 59.3 Å². The van der Waals surface area contributed by atoms with E-state index in [0.717, 1.165) is 29.2 Å². The minimum absolute atomic E-state index is 0.0667. The summed E-state index contributed by atoms with van der Waals surface area (Å²) < 4.78 is 15.7. The first-order valence-corrected chi connectivity index (χ1v) is 19.3. The second-order valence-corrected chi connectivity index (χ2v) is 22.8. The van der Waals surface area contributed by atoms with Crippen molar-refractivity contribution >= 4 is 16.6 Å². The van der Waals surface area contributed by atoms with E-state index < -0.39 is 16.6 Å². The summed E-state index contributed by atoms with van der Waals surface area (Å²) in [6.45, 7) is 27.8. The molecule has 5 nitrogen and oxygen atoms in total. The van der Waals surface area contributed by atoms with Crippen LogP contribution in [-0.2, 0) is 13.0 Å². The van der Waals surface area contributed by atoms with Gasteiger partial charge in [-0.1, -0.05) is 83.5 Å². The third-order valence-corrected chi connectivity index (χ3v) is 16.9. The van der Waals surface area contributed by atoms with Gasteiger partial charge in [-0.3, -0.25) is 0 Å². The van der Waals surface area contributed by atoms with Gasteiger partial charge in [-0.15, -0.1) is 5.10 Å². The van der Waals surface area contributed by atoms with E-state index in [1.165, 1.54) is 16.7 Å². The molecular formula is C30H47N3O2Si2. The number of nitrogens with zero attached hydrogens (tertiary/aromatic N) is 3. The Hall–Kier alpha value is -2.39. The predicted molar refractivity (Wildman–Crippen MR) is 161 cm³/mol. The molecule has 0 aliphatic rings. The van der Waals surface area contributed by atoms with Gasteiger partial charge in [0.05, 0.1) is 12.7 Å². The van der Waals surface area contributed by atoms with Crippen molar-refractivity contribution < 1.29 is 8.85 Å². The number of rotatable bonds is 8. The lowest BCUT2D eigenvalue weighted by atomic mass is 10.0. The smallest absolute Gasteiger partial charge is 0.250 e. The van der Waals surface area contributed by atoms with Crippen molar-refractivity contribution in [3.63, 3.8) is 0 Å². The van der Waals surface area contributed by atoms with Crippen molar-refractivity contribution in [1.29, 1.82) is 0 Å². The molecule has 1 heterocycles. The zero-order valence-corrected chi connectivity index (χ0v) is 27.1. The SMILES string of the molecule is CCc1cc(-c2cn(Cc3ccc(C)cc3)nn2)c(O[Si](C)(C)C(C)(C)C)cc1O[Si](C)(C)C(C)(C)C. The minimum atomic E-state index is -2.11. The largest absolute Gasteiger partial charge is 0.543 e. The fourth-order valence-corrected chi connectivity index (χ4v) is 5.57. The van der Waals surface area contributed by atoms with Crippen LogP contribution in [0.15, 0.2) is 42.6 Å². The molecule has 7 heteroatoms. The maximum atomic E-state index is 6.93. The van der Waals surface area contributed by atoms with Gasteiger partial charge >= 0.3 is 0 Å². The molecule has 37 heavy (non-hydrogen) atoms. The minimum Gasteiger partial charge on any atom is -0.543 e. The highest BCUT2D eigenvalue weighted by Crippen LogP contribution is 2.44. The van der Waals surface area contributed by atoms with Crippen LogP contribution in [0, 0.1) is 6.92 Å². The first kappa shape index (κ1) is 29.2. The highest BCUT2D eigenvalue weighted by atomic mass is 28.4. The van der Waals surface area contributed by atoms with Crippen LogP contribution in [0.3, 0.4) is 0 Å². The molecule has 0 N–H and O–H groups in total. The van der Waals surface area contributed by atoms with Gasteiger partial charge in [-0.25, -0.2) is 4.68 Å². The molecule has 0 aliphatic heterocycles. The Kier molecular flexibility index (Phi) is 8.21. The predicted octanol–water partition coefficient (Wildman–Crippen LogP) is 8.63. The van der Waals surface area contributed by atoms with Gasteiger partial charge in [-0.05, 0) is 66.8 Å². The average Bonchev–Trinajstić information content (AvgIpc) is 3.21. The van der Waals surface area contributed by atoms with E-state index >= 15 is 0 Å². The Bertz CT molecular complexity index is 1220. The Labute approximate surface area is 226 Å². The van der Waals surface area contributed by atoms with E-state index in [1.54, 1.807) is 0 Å². The van der Waals surface area contributed by atoms with E-state index in [0.29, 0.717) is 6.54 Å². The molecule has 0 atom stereocenters. The summed E-state index contributed by atoms with van der Waals surface area (Å²) in [7, 11) is -4.14. The lowest BCUT2D eigenvalue weighted by molar-refractivity contribution is 0.472. The highest BCUT2D eigenvalue weighted by Gasteiger charge is 2.41. The Balaban J connectivity index is 2.09. The highest BCUT2D eigenvalue weighted by molar-refractivity contribution is 6.75. The summed E-state index contributed by atoms with van der Waals surface area (Å²) >= 11 is 0. The quantitative estimate of drug-likeness (QED) is 0.270. The molecule has 202 valence electrons. The number of aromatic nitrogens is 3. The monoisotopic (exact) mass is 537 g/mol. The fraction of sp³-hybridized carbons (Fsp3) is 0.533. The molecule has 1 aromatic heterocycles. The summed E-state index contributed by atoms with van der Waals surface area (Å²) in [6.07, 6.45) is 2.90. The van der Waals surface area contributed by atoms with Crippen LogP contribution in [0.2, 0.25) is 36.3 Å². The van der Waals surface area contributed by atoms with E-state index in [2.05, 4.69) is 128 Å². The van der Waals surface area contributed by atoms with Gasteiger partial charge in [0, 0.05) is 11.6 Å². The summed E-state index contributed by atoms with van der Waals surface area (Å²) in [6, 6.07) is 12.9. The van der Waals surface area contributed by atoms with E-state index in [-0.39, 0.29) is 10.1 Å². The van der Waals surface area contributed by atoms with Gasteiger partial charge in [0.2, 0.25) is 8.32 Å². The van der Waals surface area contributed by atoms with Gasteiger partial charge in [0.1, 0.15) is 17.2 Å². The van der Waals surface area contributed by atoms with Crippen LogP contribution in [0.25, 0.3) is 11.3 Å². The normalized spacial score (nSPS) is 13.1. The third kappa shape index (κ3) is 6.74. The fourth-order valence-electron chi connectivity index (χ4n) is 3.50. The third-order valence-electron chi connectivity index (χ3n) is 8.17. The van der Waals surface area contributed by atoms with Crippen LogP contribution in [0.4, 0.5) is 0 Å². The molecule has 0 spiro atoms. The molecule has 0 saturated carbocycles. The second kappa shape index (κ2) is 10.4. The van der Waals surface area contributed by atoms with Crippen LogP contribution < -0.4 is 8.85 Å². The standard InChI is InChI=1S/C30H47N3O2Si2/c1-13-24-18-25(26-21-33(32-31-26)20-23-16-14-22(2)15-17-23)28(35-37(11,12)30(6,7)8)19-27(24)34-36(9,10)29(3,4)5/h14-19,21H,13,20H2,1-12H3. The molecule has 2 aromatic carbocycles. The zero-order chi connectivity index (χ0) is 27.8. The number of benzene rings is 2. The van der Waals surface area contributed by atoms with E-state index in [1.807, 2.05) is 10.9 Å². The molecular weight excluding hydrogens is 491 g/mol. The molecule has 0 aliphatic carbocycles. The molecule has 3 rings (SSSR count). The maximum absolute atomic E-state index is 6.93. The van der Waals surface area contributed by atoms with Crippen LogP contribution >= 0.6 is 0 Å². The summed E-state index contributed by atoms with van der Waals surface area (Å²) in [5.74, 6) is 1.79. The lowest BCUT2D eigenvalue weighted by Gasteiger charge is -2.39. The van der Waals surface area contributed by atoms with Gasteiger partial charge < -0.3 is 8.85 Å². The summed E-state index contributed by atoms with van der Waals surface area (Å²) in [5.41, 5.74) is 5.44. The van der Waals surface area contributed by atoms with Gasteiger partial charge in [0.15, 0.2) is 0 Å². The number of hydrogen-bond donors (Lipinski definition) is 0. The van der Waals surface area contributed by atoms with Gasteiger partial charge in [-0.2, -0.15) is 0 Å². The van der Waals surface area contributed by atoms with Crippen LogP contribution in [0.5, 0.6) is 11.5 Å². The van der Waals surface area contributed by atoms with Crippen LogP contribution in [-0.4, -0.2) is 31.6 Å². The molecule has 0 saturated heterocycles. The molecule has 0 radical (unpaired) electrons. The lowest BCUT2D eigenvalue weighted by Crippen LogP contribution is -2.44. The van der Waals surface area contributed by atoms with Crippen molar-refractivity contribution in [1.82, 2.24) is 15.0 Å². The van der Waals surface area contributed by atoms with Crippen molar-refractivity contribution in [2.45, 2.75) is 105 Å². The summed E-state index contributed by atoms with van der Waals surface area (Å²) in [5, 5.41) is 9.23. The topological polar surface area (TPSA) is 49.2 Å². The zero-order valence-electron chi connectivity index (χ0n) is 25.1. The molecule has 0 fully saturated rings. The molecule has 0 amide bonds. The van der Waals surface area contributed by atoms with Gasteiger partial charge in [0.25, 0.3) is 8.32 Å². The summed E-state index contributed by atoms with van der Waals surface area (Å²) in [4.78, 5) is 0. The molecule has 3 aromatic rings. The van der Waals surface area contributed by atoms with Crippen LogP contribution in [0.1, 0.15) is 65.2 Å². The number of aryl methyl sites for hydroxylation is 2. The Morgan fingerprint density at radius 2 is 1.35 bits per heavy atom. The molecule has 0 bridgehead atoms. The Morgan fingerprint density at radius 1 is 0.811 bits per heavy atom. The van der Waals surface area contributed by atoms with Crippen molar-refractivity contribution in [3.8, 4) is 22.8 Å². The van der Waals surface area contributed by atoms with E-state index in [9.17, 15) is 0 Å². The first-order valence-electron chi connectivity index (χ1n) is 13.4. The number of hydrogen-bond acceptors (Lipinski definition) is 4. The van der Waals surface area contributed by atoms with E-state index in [4.69, 9.17) is 8.85 Å². The Morgan fingerprint density at radius 3 is 1.86 bits per heavy atom. The van der Waals surface area contributed by atoms with Crippen molar-refractivity contribution in [2.24, 2.45) is 0 Å². The average molecular weight is 538 g/mol. The van der Waals surface area contributed by atoms with Crippen molar-refractivity contribution in [2.75, 3.05) is 0 Å². The molecule has 0 unspecified atom stereocenters. The maximum Gasteiger partial charge on any atom is 0.250 e. The second-order valence-electron chi connectivity index (χ2n) is 13.3. The first-order chi connectivity index (χ1) is 16.9.